The van der Waals surface area contributed by atoms with Crippen LogP contribution in [0.25, 0.3) is 0 Å². The van der Waals surface area contributed by atoms with E-state index in [1.165, 1.54) is 12.8 Å². The van der Waals surface area contributed by atoms with Crippen LogP contribution in [-0.2, 0) is 9.53 Å². The Kier molecular flexibility index (Phi) is 6.27. The maximum absolute atomic E-state index is 12.0. The minimum Gasteiger partial charge on any atom is -0.461 e. The zero-order valence-electron chi connectivity index (χ0n) is 11.1. The molecule has 0 spiro atoms. The average Bonchev–Trinajstić information content (AvgIpc) is 2.76. The van der Waals surface area contributed by atoms with E-state index < -0.39 is 0 Å². The molecule has 0 aromatic carbocycles. The summed E-state index contributed by atoms with van der Waals surface area (Å²) >= 11 is 0. The zero-order chi connectivity index (χ0) is 12.7. The van der Waals surface area contributed by atoms with E-state index in [1.54, 1.807) is 6.08 Å². The first-order valence-corrected chi connectivity index (χ1v) is 6.68. The van der Waals surface area contributed by atoms with Crippen molar-refractivity contribution in [2.45, 2.75) is 58.1 Å². The lowest BCUT2D eigenvalue weighted by Crippen LogP contribution is -2.40. The van der Waals surface area contributed by atoms with Crippen LogP contribution in [0, 0.1) is 5.92 Å². The second kappa shape index (κ2) is 7.49. The Balaban J connectivity index is 2.42. The molecule has 0 aliphatic heterocycles. The summed E-state index contributed by atoms with van der Waals surface area (Å²) in [5.41, 5.74) is 0. The van der Waals surface area contributed by atoms with Crippen molar-refractivity contribution in [3.63, 3.8) is 0 Å². The van der Waals surface area contributed by atoms with Crippen LogP contribution in [0.2, 0.25) is 0 Å². The third-order valence-corrected chi connectivity index (χ3v) is 3.09. The lowest BCUT2D eigenvalue weighted by molar-refractivity contribution is -0.151. The summed E-state index contributed by atoms with van der Waals surface area (Å²) in [7, 11) is 0. The number of rotatable bonds is 7. The van der Waals surface area contributed by atoms with E-state index in [9.17, 15) is 4.79 Å². The molecule has 0 bridgehead atoms. The molecule has 1 aliphatic carbocycles. The Morgan fingerprint density at radius 3 is 2.65 bits per heavy atom. The molecule has 0 heterocycles. The first-order chi connectivity index (χ1) is 8.13. The summed E-state index contributed by atoms with van der Waals surface area (Å²) in [4.78, 5) is 12.0. The summed E-state index contributed by atoms with van der Waals surface area (Å²) in [5.74, 6) is 0.390. The maximum atomic E-state index is 12.0. The van der Waals surface area contributed by atoms with Crippen LogP contribution in [0.3, 0.4) is 0 Å². The number of nitrogens with one attached hydrogen (secondary N) is 1. The predicted octanol–water partition coefficient (Wildman–Crippen LogP) is 2.66. The Labute approximate surface area is 105 Å². The topological polar surface area (TPSA) is 38.3 Å². The zero-order valence-corrected chi connectivity index (χ0v) is 11.1. The number of carbonyl (C=O) groups is 1. The van der Waals surface area contributed by atoms with Gasteiger partial charge < -0.3 is 10.1 Å². The van der Waals surface area contributed by atoms with Gasteiger partial charge >= 0.3 is 5.97 Å². The Morgan fingerprint density at radius 2 is 2.12 bits per heavy atom. The quantitative estimate of drug-likeness (QED) is 0.548. The fourth-order valence-electron chi connectivity index (χ4n) is 2.21. The highest BCUT2D eigenvalue weighted by molar-refractivity contribution is 5.76. The molecule has 1 atom stereocenters. The summed E-state index contributed by atoms with van der Waals surface area (Å²) in [6.45, 7) is 8.54. The van der Waals surface area contributed by atoms with Crippen molar-refractivity contribution < 1.29 is 9.53 Å². The maximum Gasteiger partial charge on any atom is 0.323 e. The van der Waals surface area contributed by atoms with E-state index in [-0.39, 0.29) is 18.1 Å². The highest BCUT2D eigenvalue weighted by Crippen LogP contribution is 2.21. The average molecular weight is 239 g/mol. The van der Waals surface area contributed by atoms with E-state index in [0.717, 1.165) is 19.3 Å². The molecular formula is C14H25NO2. The summed E-state index contributed by atoms with van der Waals surface area (Å²) in [6, 6.07) is -0.186. The second-order valence-corrected chi connectivity index (χ2v) is 5.22. The molecule has 0 saturated heterocycles. The van der Waals surface area contributed by atoms with Crippen molar-refractivity contribution in [3.8, 4) is 0 Å². The second-order valence-electron chi connectivity index (χ2n) is 5.22. The van der Waals surface area contributed by atoms with E-state index >= 15 is 0 Å². The van der Waals surface area contributed by atoms with E-state index in [2.05, 4.69) is 25.7 Å². The fourth-order valence-corrected chi connectivity index (χ4v) is 2.21. The van der Waals surface area contributed by atoms with Crippen molar-refractivity contribution in [1.82, 2.24) is 5.32 Å². The van der Waals surface area contributed by atoms with Gasteiger partial charge in [-0.2, -0.15) is 0 Å². The van der Waals surface area contributed by atoms with Crippen molar-refractivity contribution in [2.75, 3.05) is 6.54 Å². The molecule has 98 valence electrons. The Bertz CT molecular complexity index is 245. The summed E-state index contributed by atoms with van der Waals surface area (Å²) < 4.78 is 5.54. The highest BCUT2D eigenvalue weighted by atomic mass is 16.5. The van der Waals surface area contributed by atoms with Crippen molar-refractivity contribution in [1.29, 1.82) is 0 Å². The molecule has 0 aromatic heterocycles. The largest absolute Gasteiger partial charge is 0.461 e. The smallest absolute Gasteiger partial charge is 0.323 e. The van der Waals surface area contributed by atoms with Crippen LogP contribution in [0.5, 0.6) is 0 Å². The third kappa shape index (κ3) is 5.35. The molecule has 0 unspecified atom stereocenters. The van der Waals surface area contributed by atoms with Gasteiger partial charge in [-0.3, -0.25) is 4.79 Å². The van der Waals surface area contributed by atoms with Crippen LogP contribution in [0.4, 0.5) is 0 Å². The molecule has 1 saturated carbocycles. The van der Waals surface area contributed by atoms with Gasteiger partial charge in [0.15, 0.2) is 0 Å². The number of hydrogen-bond acceptors (Lipinski definition) is 3. The summed E-state index contributed by atoms with van der Waals surface area (Å²) in [5, 5.41) is 3.18. The van der Waals surface area contributed by atoms with Crippen molar-refractivity contribution in [3.05, 3.63) is 12.7 Å². The normalized spacial score (nSPS) is 18.3. The SMILES string of the molecule is C=CCN[C@@H](CC(C)C)C(=O)OC1CCCC1. The first kappa shape index (κ1) is 14.2. The van der Waals surface area contributed by atoms with Crippen LogP contribution in [0.1, 0.15) is 46.0 Å². The van der Waals surface area contributed by atoms with E-state index in [0.29, 0.717) is 12.5 Å². The van der Waals surface area contributed by atoms with Crippen molar-refractivity contribution in [2.24, 2.45) is 5.92 Å². The molecule has 0 aromatic rings. The highest BCUT2D eigenvalue weighted by Gasteiger charge is 2.25. The number of esters is 1. The van der Waals surface area contributed by atoms with Gasteiger partial charge in [0.05, 0.1) is 0 Å². The molecule has 0 amide bonds. The number of carbonyl (C=O) groups excluding carboxylic acids is 1. The Hall–Kier alpha value is -0.830. The van der Waals surface area contributed by atoms with Crippen LogP contribution >= 0.6 is 0 Å². The molecule has 17 heavy (non-hydrogen) atoms. The van der Waals surface area contributed by atoms with Gasteiger partial charge in [-0.05, 0) is 38.0 Å². The fraction of sp³-hybridized carbons (Fsp3) is 0.786. The van der Waals surface area contributed by atoms with E-state index in [4.69, 9.17) is 4.74 Å². The number of ether oxygens (including phenoxy) is 1. The molecule has 3 heteroatoms. The van der Waals surface area contributed by atoms with Crippen LogP contribution in [-0.4, -0.2) is 24.7 Å². The molecule has 3 nitrogen and oxygen atoms in total. The number of hydrogen-bond donors (Lipinski definition) is 1. The van der Waals surface area contributed by atoms with Gasteiger partial charge in [0.25, 0.3) is 0 Å². The van der Waals surface area contributed by atoms with Crippen LogP contribution < -0.4 is 5.32 Å². The molecular weight excluding hydrogens is 214 g/mol. The Morgan fingerprint density at radius 1 is 1.47 bits per heavy atom. The van der Waals surface area contributed by atoms with Gasteiger partial charge in [-0.1, -0.05) is 19.9 Å². The molecule has 1 fully saturated rings. The molecule has 1 N–H and O–H groups in total. The standard InChI is InChI=1S/C14H25NO2/c1-4-9-15-13(10-11(2)3)14(16)17-12-7-5-6-8-12/h4,11-13,15H,1,5-10H2,2-3H3/t13-/m0/s1. The summed E-state index contributed by atoms with van der Waals surface area (Å²) in [6.07, 6.45) is 7.18. The lowest BCUT2D eigenvalue weighted by Gasteiger charge is -2.21. The molecule has 1 rings (SSSR count). The molecule has 0 radical (unpaired) electrons. The van der Waals surface area contributed by atoms with E-state index in [1.807, 2.05) is 0 Å². The van der Waals surface area contributed by atoms with Gasteiger partial charge in [-0.25, -0.2) is 0 Å². The lowest BCUT2D eigenvalue weighted by atomic mass is 10.0. The van der Waals surface area contributed by atoms with Crippen LogP contribution in [0.15, 0.2) is 12.7 Å². The predicted molar refractivity (Wildman–Crippen MR) is 69.8 cm³/mol. The van der Waals surface area contributed by atoms with Gasteiger partial charge in [0.1, 0.15) is 12.1 Å². The monoisotopic (exact) mass is 239 g/mol. The van der Waals surface area contributed by atoms with Gasteiger partial charge in [0, 0.05) is 6.54 Å². The minimum absolute atomic E-state index is 0.0903. The minimum atomic E-state index is -0.186. The van der Waals surface area contributed by atoms with Gasteiger partial charge in [0.2, 0.25) is 0 Å². The van der Waals surface area contributed by atoms with Crippen molar-refractivity contribution >= 4 is 5.97 Å². The molecule has 1 aliphatic rings. The van der Waals surface area contributed by atoms with Gasteiger partial charge in [-0.15, -0.1) is 6.58 Å². The first-order valence-electron chi connectivity index (χ1n) is 6.68. The third-order valence-electron chi connectivity index (χ3n) is 3.09.